The van der Waals surface area contributed by atoms with Gasteiger partial charge in [-0.3, -0.25) is 9.35 Å². The number of thiol groups is 1. The van der Waals surface area contributed by atoms with Crippen LogP contribution in [0, 0.1) is 0 Å². The number of carbonyl (C=O) groups is 1. The van der Waals surface area contributed by atoms with E-state index in [9.17, 15) is 13.2 Å². The summed E-state index contributed by atoms with van der Waals surface area (Å²) in [4.78, 5) is 12.2. The highest BCUT2D eigenvalue weighted by atomic mass is 32.2. The Morgan fingerprint density at radius 2 is 2.05 bits per heavy atom. The molecule has 1 aromatic rings. The SMILES string of the molecule is C=C(C(=O)NC(C(C)S)S(=O)(=O)O)C1C=Cc2ccccc21. The molecule has 2 rings (SSSR count). The van der Waals surface area contributed by atoms with Crippen LogP contribution < -0.4 is 5.32 Å². The summed E-state index contributed by atoms with van der Waals surface area (Å²) < 4.78 is 31.8. The van der Waals surface area contributed by atoms with E-state index in [1.54, 1.807) is 0 Å². The Labute approximate surface area is 135 Å². The molecule has 0 radical (unpaired) electrons. The zero-order valence-corrected chi connectivity index (χ0v) is 13.6. The monoisotopic (exact) mass is 339 g/mol. The van der Waals surface area contributed by atoms with Crippen molar-refractivity contribution in [1.82, 2.24) is 5.32 Å². The van der Waals surface area contributed by atoms with Crippen molar-refractivity contribution in [3.05, 3.63) is 53.6 Å². The maximum atomic E-state index is 12.2. The maximum absolute atomic E-state index is 12.2. The lowest BCUT2D eigenvalue weighted by molar-refractivity contribution is -0.117. The lowest BCUT2D eigenvalue weighted by Crippen LogP contribution is -2.46. The van der Waals surface area contributed by atoms with Gasteiger partial charge in [0.15, 0.2) is 5.37 Å². The van der Waals surface area contributed by atoms with Gasteiger partial charge in [-0.2, -0.15) is 21.0 Å². The molecule has 0 heterocycles. The molecule has 0 fully saturated rings. The number of carbonyl (C=O) groups excluding carboxylic acids is 1. The van der Waals surface area contributed by atoms with Gasteiger partial charge >= 0.3 is 0 Å². The van der Waals surface area contributed by atoms with Gasteiger partial charge in [-0.15, -0.1) is 0 Å². The molecule has 0 aliphatic heterocycles. The average Bonchev–Trinajstić information content (AvgIpc) is 2.85. The van der Waals surface area contributed by atoms with Crippen LogP contribution in [0.1, 0.15) is 24.0 Å². The number of fused-ring (bicyclic) bond motifs is 1. The van der Waals surface area contributed by atoms with Crippen molar-refractivity contribution < 1.29 is 17.8 Å². The number of allylic oxidation sites excluding steroid dienone is 1. The molecule has 1 aliphatic carbocycles. The van der Waals surface area contributed by atoms with E-state index in [-0.39, 0.29) is 11.5 Å². The van der Waals surface area contributed by atoms with Gasteiger partial charge in [-0.25, -0.2) is 0 Å². The third-order valence-corrected chi connectivity index (χ3v) is 5.17. The standard InChI is InChI=1S/C15H17NO4S2/c1-9(12-8-7-11-5-3-4-6-13(11)12)14(17)16-15(10(2)21)22(18,19)20/h3-8,10,12,15,21H,1H2,2H3,(H,16,17)(H,18,19,20). The van der Waals surface area contributed by atoms with Gasteiger partial charge in [0.25, 0.3) is 10.1 Å². The topological polar surface area (TPSA) is 83.5 Å². The van der Waals surface area contributed by atoms with Gasteiger partial charge in [0.05, 0.1) is 0 Å². The molecule has 118 valence electrons. The Morgan fingerprint density at radius 3 is 2.64 bits per heavy atom. The van der Waals surface area contributed by atoms with Crippen LogP contribution in [0.3, 0.4) is 0 Å². The lowest BCUT2D eigenvalue weighted by atomic mass is 9.93. The van der Waals surface area contributed by atoms with Crippen molar-refractivity contribution >= 4 is 34.7 Å². The number of benzene rings is 1. The van der Waals surface area contributed by atoms with Gasteiger partial charge in [0, 0.05) is 16.7 Å². The smallest absolute Gasteiger partial charge is 0.287 e. The molecule has 0 aromatic heterocycles. The third-order valence-electron chi connectivity index (χ3n) is 3.50. The fourth-order valence-corrected chi connectivity index (χ4v) is 3.65. The first kappa shape index (κ1) is 16.8. The molecule has 1 aromatic carbocycles. The molecule has 3 atom stereocenters. The van der Waals surface area contributed by atoms with Crippen LogP contribution in [0.5, 0.6) is 0 Å². The minimum Gasteiger partial charge on any atom is -0.333 e. The Balaban J connectivity index is 2.18. The molecule has 0 spiro atoms. The molecule has 22 heavy (non-hydrogen) atoms. The Morgan fingerprint density at radius 1 is 1.41 bits per heavy atom. The minimum absolute atomic E-state index is 0.212. The van der Waals surface area contributed by atoms with Crippen molar-refractivity contribution in [3.63, 3.8) is 0 Å². The summed E-state index contributed by atoms with van der Waals surface area (Å²) in [5.41, 5.74) is 2.14. The summed E-state index contributed by atoms with van der Waals surface area (Å²) in [6.45, 7) is 5.23. The van der Waals surface area contributed by atoms with Gasteiger partial charge < -0.3 is 5.32 Å². The predicted octanol–water partition coefficient (Wildman–Crippen LogP) is 2.00. The van der Waals surface area contributed by atoms with Crippen LogP contribution in [-0.2, 0) is 14.9 Å². The van der Waals surface area contributed by atoms with Crippen LogP contribution in [0.15, 0.2) is 42.5 Å². The van der Waals surface area contributed by atoms with Crippen LogP contribution >= 0.6 is 12.6 Å². The normalized spacial score (nSPS) is 19.3. The second-order valence-corrected chi connectivity index (χ2v) is 7.49. The molecule has 0 bridgehead atoms. The summed E-state index contributed by atoms with van der Waals surface area (Å²) in [6, 6.07) is 7.57. The Bertz CT molecular complexity index is 738. The highest BCUT2D eigenvalue weighted by molar-refractivity contribution is 7.88. The predicted molar refractivity (Wildman–Crippen MR) is 89.3 cm³/mol. The van der Waals surface area contributed by atoms with E-state index in [4.69, 9.17) is 4.55 Å². The summed E-state index contributed by atoms with van der Waals surface area (Å²) in [7, 11) is -4.44. The van der Waals surface area contributed by atoms with E-state index < -0.39 is 26.6 Å². The molecule has 0 saturated heterocycles. The number of hydrogen-bond acceptors (Lipinski definition) is 4. The lowest BCUT2D eigenvalue weighted by Gasteiger charge is -2.21. The van der Waals surface area contributed by atoms with Crippen molar-refractivity contribution in [3.8, 4) is 0 Å². The van der Waals surface area contributed by atoms with Gasteiger partial charge in [-0.05, 0) is 11.1 Å². The highest BCUT2D eigenvalue weighted by Gasteiger charge is 2.31. The summed E-state index contributed by atoms with van der Waals surface area (Å²) in [6.07, 6.45) is 3.72. The number of amides is 1. The molecule has 7 heteroatoms. The van der Waals surface area contributed by atoms with Gasteiger partial charge in [-0.1, -0.05) is 49.9 Å². The van der Waals surface area contributed by atoms with E-state index in [0.29, 0.717) is 0 Å². The summed E-state index contributed by atoms with van der Waals surface area (Å²) >= 11 is 3.99. The van der Waals surface area contributed by atoms with Crippen LogP contribution in [0.4, 0.5) is 0 Å². The van der Waals surface area contributed by atoms with Crippen molar-refractivity contribution in [2.75, 3.05) is 0 Å². The van der Waals surface area contributed by atoms with Crippen LogP contribution in [0.25, 0.3) is 6.08 Å². The molecule has 0 saturated carbocycles. The number of nitrogens with one attached hydrogen (secondary N) is 1. The minimum atomic E-state index is -4.44. The summed E-state index contributed by atoms with van der Waals surface area (Å²) in [5, 5.41) is 0.0261. The zero-order valence-electron chi connectivity index (χ0n) is 11.9. The van der Waals surface area contributed by atoms with Crippen molar-refractivity contribution in [2.24, 2.45) is 0 Å². The molecule has 1 amide bonds. The molecular weight excluding hydrogens is 322 g/mol. The van der Waals surface area contributed by atoms with E-state index in [1.807, 2.05) is 36.4 Å². The first-order valence-corrected chi connectivity index (χ1v) is 8.65. The Kier molecular flexibility index (Phi) is 4.79. The third kappa shape index (κ3) is 3.43. The number of hydrogen-bond donors (Lipinski definition) is 3. The average molecular weight is 339 g/mol. The van der Waals surface area contributed by atoms with E-state index in [2.05, 4.69) is 24.5 Å². The molecular formula is C15H17NO4S2. The van der Waals surface area contributed by atoms with Crippen LogP contribution in [-0.4, -0.2) is 29.5 Å². The second-order valence-electron chi connectivity index (χ2n) is 5.14. The van der Waals surface area contributed by atoms with E-state index >= 15 is 0 Å². The molecule has 2 N–H and O–H groups in total. The fourth-order valence-electron chi connectivity index (χ4n) is 2.36. The summed E-state index contributed by atoms with van der Waals surface area (Å²) in [5.74, 6) is -0.941. The largest absolute Gasteiger partial charge is 0.333 e. The Hall–Kier alpha value is -1.57. The van der Waals surface area contributed by atoms with E-state index in [1.165, 1.54) is 6.92 Å². The van der Waals surface area contributed by atoms with Crippen molar-refractivity contribution in [2.45, 2.75) is 23.5 Å². The van der Waals surface area contributed by atoms with Gasteiger partial charge in [0.1, 0.15) is 0 Å². The second kappa shape index (κ2) is 6.28. The van der Waals surface area contributed by atoms with Crippen molar-refractivity contribution in [1.29, 1.82) is 0 Å². The fraction of sp³-hybridized carbons (Fsp3) is 0.267. The molecule has 5 nitrogen and oxygen atoms in total. The zero-order chi connectivity index (χ0) is 16.5. The van der Waals surface area contributed by atoms with E-state index in [0.717, 1.165) is 11.1 Å². The van der Waals surface area contributed by atoms with Crippen LogP contribution in [0.2, 0.25) is 0 Å². The quantitative estimate of drug-likeness (QED) is 0.435. The first-order chi connectivity index (χ1) is 10.2. The van der Waals surface area contributed by atoms with Gasteiger partial charge in [0.2, 0.25) is 5.91 Å². The number of rotatable bonds is 5. The highest BCUT2D eigenvalue weighted by Crippen LogP contribution is 2.34. The first-order valence-electron chi connectivity index (χ1n) is 6.63. The maximum Gasteiger partial charge on any atom is 0.287 e. The molecule has 1 aliphatic rings. The molecule has 3 unspecified atom stereocenters.